The summed E-state index contributed by atoms with van der Waals surface area (Å²) in [5.74, 6) is 0.0149. The monoisotopic (exact) mass is 360 g/mol. The van der Waals surface area contributed by atoms with Crippen LogP contribution < -0.4 is 15.4 Å². The first-order valence-electron chi connectivity index (χ1n) is 8.04. The van der Waals surface area contributed by atoms with E-state index in [0.29, 0.717) is 16.5 Å². The quantitative estimate of drug-likeness (QED) is 0.785. The van der Waals surface area contributed by atoms with Crippen LogP contribution >= 0.6 is 11.6 Å². The van der Waals surface area contributed by atoms with Crippen LogP contribution in [0.4, 0.5) is 5.69 Å². The number of halogens is 1. The van der Waals surface area contributed by atoms with Gasteiger partial charge in [-0.15, -0.1) is 0 Å². The zero-order chi connectivity index (χ0) is 18.2. The van der Waals surface area contributed by atoms with Crippen molar-refractivity contribution >= 4 is 29.1 Å². The Morgan fingerprint density at radius 1 is 1.12 bits per heavy atom. The minimum absolute atomic E-state index is 0.112. The van der Waals surface area contributed by atoms with Crippen LogP contribution in [-0.4, -0.2) is 18.4 Å². The van der Waals surface area contributed by atoms with Crippen LogP contribution in [0.25, 0.3) is 0 Å². The van der Waals surface area contributed by atoms with E-state index in [2.05, 4.69) is 10.6 Å². The van der Waals surface area contributed by atoms with Gasteiger partial charge in [0.25, 0.3) is 5.91 Å². The van der Waals surface area contributed by atoms with Gasteiger partial charge in [-0.3, -0.25) is 9.59 Å². The molecule has 0 aliphatic rings. The molecule has 0 radical (unpaired) electrons. The Hall–Kier alpha value is -2.53. The molecule has 132 valence electrons. The van der Waals surface area contributed by atoms with Crippen molar-refractivity contribution in [2.75, 3.05) is 11.9 Å². The third kappa shape index (κ3) is 5.80. The van der Waals surface area contributed by atoms with Gasteiger partial charge < -0.3 is 15.4 Å². The molecule has 0 aromatic heterocycles. The van der Waals surface area contributed by atoms with Gasteiger partial charge in [-0.25, -0.2) is 0 Å². The van der Waals surface area contributed by atoms with E-state index in [0.717, 1.165) is 12.0 Å². The van der Waals surface area contributed by atoms with Crippen LogP contribution in [0, 0.1) is 0 Å². The van der Waals surface area contributed by atoms with Crippen molar-refractivity contribution in [1.82, 2.24) is 5.32 Å². The highest BCUT2D eigenvalue weighted by Gasteiger charge is 2.14. The van der Waals surface area contributed by atoms with E-state index in [1.54, 1.807) is 36.4 Å². The van der Waals surface area contributed by atoms with Gasteiger partial charge >= 0.3 is 0 Å². The average molecular weight is 361 g/mol. The van der Waals surface area contributed by atoms with E-state index in [-0.39, 0.29) is 24.5 Å². The Morgan fingerprint density at radius 2 is 1.80 bits per heavy atom. The Morgan fingerprint density at radius 3 is 2.44 bits per heavy atom. The predicted octanol–water partition coefficient (Wildman–Crippen LogP) is 3.94. The molecule has 0 unspecified atom stereocenters. The minimum Gasteiger partial charge on any atom is -0.482 e. The first-order valence-corrected chi connectivity index (χ1v) is 8.41. The SMILES string of the molecule is CC[C@H](NC(=O)COc1ccccc1NC(C)=O)c1ccc(Cl)cc1. The largest absolute Gasteiger partial charge is 0.482 e. The van der Waals surface area contributed by atoms with E-state index in [9.17, 15) is 9.59 Å². The highest BCUT2D eigenvalue weighted by atomic mass is 35.5. The molecule has 2 aromatic rings. The van der Waals surface area contributed by atoms with Gasteiger partial charge in [-0.2, -0.15) is 0 Å². The molecule has 25 heavy (non-hydrogen) atoms. The highest BCUT2D eigenvalue weighted by Crippen LogP contribution is 2.24. The van der Waals surface area contributed by atoms with Crippen LogP contribution in [0.2, 0.25) is 5.02 Å². The Kier molecular flexibility index (Phi) is 6.83. The Labute approximate surface area is 152 Å². The summed E-state index contributed by atoms with van der Waals surface area (Å²) in [7, 11) is 0. The van der Waals surface area contributed by atoms with E-state index in [1.165, 1.54) is 6.92 Å². The summed E-state index contributed by atoms with van der Waals surface area (Å²) >= 11 is 5.90. The van der Waals surface area contributed by atoms with Crippen LogP contribution in [0.5, 0.6) is 5.75 Å². The van der Waals surface area contributed by atoms with E-state index in [4.69, 9.17) is 16.3 Å². The molecule has 1 atom stereocenters. The number of carbonyl (C=O) groups excluding carboxylic acids is 2. The van der Waals surface area contributed by atoms with Gasteiger partial charge in [-0.05, 0) is 36.2 Å². The molecule has 0 aliphatic carbocycles. The molecule has 2 N–H and O–H groups in total. The lowest BCUT2D eigenvalue weighted by Gasteiger charge is -2.18. The fourth-order valence-electron chi connectivity index (χ4n) is 2.38. The van der Waals surface area contributed by atoms with Crippen LogP contribution in [0.15, 0.2) is 48.5 Å². The van der Waals surface area contributed by atoms with Crippen molar-refractivity contribution in [3.63, 3.8) is 0 Å². The number of anilines is 1. The number of nitrogens with one attached hydrogen (secondary N) is 2. The molecule has 2 rings (SSSR count). The molecule has 0 fully saturated rings. The fraction of sp³-hybridized carbons (Fsp3) is 0.263. The Bertz CT molecular complexity index is 732. The summed E-state index contributed by atoms with van der Waals surface area (Å²) in [6, 6.07) is 14.3. The predicted molar refractivity (Wildman–Crippen MR) is 98.9 cm³/mol. The summed E-state index contributed by atoms with van der Waals surface area (Å²) in [6.07, 6.45) is 0.746. The zero-order valence-electron chi connectivity index (χ0n) is 14.2. The van der Waals surface area contributed by atoms with E-state index < -0.39 is 0 Å². The minimum atomic E-state index is -0.237. The molecule has 0 heterocycles. The average Bonchev–Trinajstić information content (AvgIpc) is 2.59. The van der Waals surface area contributed by atoms with Gasteiger partial charge in [0.1, 0.15) is 5.75 Å². The molecule has 5 nitrogen and oxygen atoms in total. The number of hydrogen-bond acceptors (Lipinski definition) is 3. The molecule has 2 aromatic carbocycles. The maximum Gasteiger partial charge on any atom is 0.258 e. The lowest BCUT2D eigenvalue weighted by atomic mass is 10.0. The highest BCUT2D eigenvalue weighted by molar-refractivity contribution is 6.30. The van der Waals surface area contributed by atoms with Gasteiger partial charge in [0, 0.05) is 11.9 Å². The van der Waals surface area contributed by atoms with Crippen molar-refractivity contribution in [2.24, 2.45) is 0 Å². The van der Waals surface area contributed by atoms with Gasteiger partial charge in [0.2, 0.25) is 5.91 Å². The summed E-state index contributed by atoms with van der Waals surface area (Å²) < 4.78 is 5.55. The third-order valence-corrected chi connectivity index (χ3v) is 3.82. The van der Waals surface area contributed by atoms with E-state index in [1.807, 2.05) is 19.1 Å². The molecular formula is C19H21ClN2O3. The van der Waals surface area contributed by atoms with Gasteiger partial charge in [-0.1, -0.05) is 42.8 Å². The Balaban J connectivity index is 1.96. The normalized spacial score (nSPS) is 11.5. The van der Waals surface area contributed by atoms with Crippen LogP contribution in [0.1, 0.15) is 31.9 Å². The lowest BCUT2D eigenvalue weighted by Crippen LogP contribution is -2.32. The van der Waals surface area contributed by atoms with Gasteiger partial charge in [0.05, 0.1) is 11.7 Å². The molecular weight excluding hydrogens is 340 g/mol. The first-order chi connectivity index (χ1) is 12.0. The fourth-order valence-corrected chi connectivity index (χ4v) is 2.51. The van der Waals surface area contributed by atoms with Crippen LogP contribution in [0.3, 0.4) is 0 Å². The smallest absolute Gasteiger partial charge is 0.258 e. The van der Waals surface area contributed by atoms with Crippen LogP contribution in [-0.2, 0) is 9.59 Å². The van der Waals surface area contributed by atoms with Gasteiger partial charge in [0.15, 0.2) is 6.61 Å². The van der Waals surface area contributed by atoms with Crippen molar-refractivity contribution in [3.05, 3.63) is 59.1 Å². The number of benzene rings is 2. The zero-order valence-corrected chi connectivity index (χ0v) is 15.0. The van der Waals surface area contributed by atoms with E-state index >= 15 is 0 Å². The van der Waals surface area contributed by atoms with Crippen molar-refractivity contribution < 1.29 is 14.3 Å². The number of amides is 2. The lowest BCUT2D eigenvalue weighted by molar-refractivity contribution is -0.123. The summed E-state index contributed by atoms with van der Waals surface area (Å²) in [5, 5.41) is 6.27. The second-order valence-electron chi connectivity index (χ2n) is 5.55. The summed E-state index contributed by atoms with van der Waals surface area (Å²) in [4.78, 5) is 23.4. The molecule has 2 amide bonds. The molecule has 0 bridgehead atoms. The third-order valence-electron chi connectivity index (χ3n) is 3.57. The molecule has 0 aliphatic heterocycles. The number of hydrogen-bond donors (Lipinski definition) is 2. The maximum absolute atomic E-state index is 12.2. The molecule has 0 spiro atoms. The first kappa shape index (κ1) is 18.8. The second kappa shape index (κ2) is 9.08. The number of rotatable bonds is 7. The maximum atomic E-state index is 12.2. The number of carbonyl (C=O) groups is 2. The molecule has 0 saturated heterocycles. The van der Waals surface area contributed by atoms with Crippen molar-refractivity contribution in [3.8, 4) is 5.75 Å². The van der Waals surface area contributed by atoms with Crippen molar-refractivity contribution in [1.29, 1.82) is 0 Å². The summed E-state index contributed by atoms with van der Waals surface area (Å²) in [6.45, 7) is 3.27. The van der Waals surface area contributed by atoms with Crippen molar-refractivity contribution in [2.45, 2.75) is 26.3 Å². The topological polar surface area (TPSA) is 67.4 Å². The molecule has 6 heteroatoms. The molecule has 0 saturated carbocycles. The number of ether oxygens (including phenoxy) is 1. The standard InChI is InChI=1S/C19H21ClN2O3/c1-3-16(14-8-10-15(20)11-9-14)22-19(24)12-25-18-7-5-4-6-17(18)21-13(2)23/h4-11,16H,3,12H2,1-2H3,(H,21,23)(H,22,24)/t16-/m0/s1. The number of para-hydroxylation sites is 2. The summed E-state index contributed by atoms with van der Waals surface area (Å²) in [5.41, 5.74) is 1.52. The second-order valence-corrected chi connectivity index (χ2v) is 5.98.